The average molecular weight is 303 g/mol. The minimum Gasteiger partial charge on any atom is -0.490 e. The van der Waals surface area contributed by atoms with E-state index in [1.54, 1.807) is 0 Å². The van der Waals surface area contributed by atoms with Crippen LogP contribution in [-0.4, -0.2) is 43.5 Å². The molecule has 1 aromatic rings. The summed E-state index contributed by atoms with van der Waals surface area (Å²) in [7, 11) is 0. The quantitative estimate of drug-likeness (QED) is 0.800. The lowest BCUT2D eigenvalue weighted by Crippen LogP contribution is -2.31. The first-order chi connectivity index (χ1) is 10.8. The van der Waals surface area contributed by atoms with Gasteiger partial charge in [0.1, 0.15) is 0 Å². The molecule has 3 rings (SSSR count). The highest BCUT2D eigenvalue weighted by Crippen LogP contribution is 2.30. The van der Waals surface area contributed by atoms with Crippen molar-refractivity contribution in [3.8, 4) is 11.5 Å². The molecule has 0 atom stereocenters. The molecule has 1 fully saturated rings. The summed E-state index contributed by atoms with van der Waals surface area (Å²) in [4.78, 5) is 14.8. The Balaban J connectivity index is 1.60. The Morgan fingerprint density at radius 3 is 2.45 bits per heavy atom. The van der Waals surface area contributed by atoms with Gasteiger partial charge in [0.15, 0.2) is 17.3 Å². The first-order valence-electron chi connectivity index (χ1n) is 8.48. The van der Waals surface area contributed by atoms with Crippen molar-refractivity contribution in [3.05, 3.63) is 23.8 Å². The standard InChI is InChI=1S/C18H25NO3/c20-16(8-11-19-9-2-1-3-10-19)15-6-7-17-18(14-15)22-13-5-4-12-21-17/h6-7,14H,1-5,8-13H2. The predicted molar refractivity (Wildman–Crippen MR) is 85.9 cm³/mol. The molecule has 2 heterocycles. The van der Waals surface area contributed by atoms with E-state index >= 15 is 0 Å². The van der Waals surface area contributed by atoms with Crippen LogP contribution in [0.4, 0.5) is 0 Å². The van der Waals surface area contributed by atoms with Crippen LogP contribution in [0.1, 0.15) is 48.9 Å². The van der Waals surface area contributed by atoms with Gasteiger partial charge in [0.25, 0.3) is 0 Å². The van der Waals surface area contributed by atoms with E-state index in [0.29, 0.717) is 18.8 Å². The topological polar surface area (TPSA) is 38.8 Å². The second-order valence-electron chi connectivity index (χ2n) is 6.14. The molecule has 120 valence electrons. The molecule has 4 nitrogen and oxygen atoms in total. The molecule has 0 bridgehead atoms. The zero-order valence-electron chi connectivity index (χ0n) is 13.2. The van der Waals surface area contributed by atoms with Crippen molar-refractivity contribution >= 4 is 5.78 Å². The summed E-state index contributed by atoms with van der Waals surface area (Å²) in [5.41, 5.74) is 0.736. The molecule has 0 aromatic heterocycles. The fraction of sp³-hybridized carbons (Fsp3) is 0.611. The maximum atomic E-state index is 12.4. The SMILES string of the molecule is O=C(CCN1CCCCC1)c1ccc2c(c1)OCCCCO2. The van der Waals surface area contributed by atoms with Crippen LogP contribution in [0.3, 0.4) is 0 Å². The molecule has 0 saturated carbocycles. The highest BCUT2D eigenvalue weighted by atomic mass is 16.5. The lowest BCUT2D eigenvalue weighted by Gasteiger charge is -2.26. The average Bonchev–Trinajstić information content (AvgIpc) is 2.54. The number of fused-ring (bicyclic) bond motifs is 1. The van der Waals surface area contributed by atoms with Crippen molar-refractivity contribution in [1.82, 2.24) is 4.90 Å². The van der Waals surface area contributed by atoms with E-state index in [0.717, 1.165) is 50.4 Å². The molecule has 0 radical (unpaired) electrons. The number of rotatable bonds is 4. The smallest absolute Gasteiger partial charge is 0.164 e. The molecule has 0 aliphatic carbocycles. The summed E-state index contributed by atoms with van der Waals surface area (Å²) < 4.78 is 11.4. The van der Waals surface area contributed by atoms with Gasteiger partial charge in [0, 0.05) is 18.5 Å². The third kappa shape index (κ3) is 4.01. The Kier molecular flexibility index (Phi) is 5.33. The normalized spacial score (nSPS) is 19.3. The van der Waals surface area contributed by atoms with Crippen molar-refractivity contribution in [1.29, 1.82) is 0 Å². The summed E-state index contributed by atoms with van der Waals surface area (Å²) >= 11 is 0. The Morgan fingerprint density at radius 2 is 1.68 bits per heavy atom. The first-order valence-corrected chi connectivity index (χ1v) is 8.48. The van der Waals surface area contributed by atoms with Gasteiger partial charge in [-0.15, -0.1) is 0 Å². The predicted octanol–water partition coefficient (Wildman–Crippen LogP) is 3.30. The minimum atomic E-state index is 0.194. The third-order valence-electron chi connectivity index (χ3n) is 4.42. The summed E-state index contributed by atoms with van der Waals surface area (Å²) in [5, 5.41) is 0. The Labute approximate surface area is 132 Å². The summed E-state index contributed by atoms with van der Waals surface area (Å²) in [6, 6.07) is 5.58. The zero-order chi connectivity index (χ0) is 15.2. The molecule has 2 aliphatic heterocycles. The molecule has 2 aliphatic rings. The molecular weight excluding hydrogens is 278 g/mol. The van der Waals surface area contributed by atoms with Gasteiger partial charge in [-0.3, -0.25) is 4.79 Å². The van der Waals surface area contributed by atoms with Crippen LogP contribution in [-0.2, 0) is 0 Å². The molecule has 0 unspecified atom stereocenters. The molecular formula is C18H25NO3. The molecule has 1 aromatic carbocycles. The van der Waals surface area contributed by atoms with E-state index in [1.165, 1.54) is 19.3 Å². The van der Waals surface area contributed by atoms with Crippen molar-refractivity contribution < 1.29 is 14.3 Å². The number of carbonyl (C=O) groups excluding carboxylic acids is 1. The van der Waals surface area contributed by atoms with Gasteiger partial charge in [-0.05, 0) is 57.0 Å². The van der Waals surface area contributed by atoms with E-state index < -0.39 is 0 Å². The van der Waals surface area contributed by atoms with Crippen molar-refractivity contribution in [3.63, 3.8) is 0 Å². The molecule has 4 heteroatoms. The van der Waals surface area contributed by atoms with Gasteiger partial charge >= 0.3 is 0 Å². The van der Waals surface area contributed by atoms with E-state index in [1.807, 2.05) is 18.2 Å². The van der Waals surface area contributed by atoms with Crippen LogP contribution < -0.4 is 9.47 Å². The lowest BCUT2D eigenvalue weighted by molar-refractivity contribution is 0.0958. The lowest BCUT2D eigenvalue weighted by atomic mass is 10.1. The number of likely N-dealkylation sites (tertiary alicyclic amines) is 1. The Morgan fingerprint density at radius 1 is 0.955 bits per heavy atom. The van der Waals surface area contributed by atoms with Gasteiger partial charge in [-0.2, -0.15) is 0 Å². The monoisotopic (exact) mass is 303 g/mol. The Hall–Kier alpha value is -1.55. The van der Waals surface area contributed by atoms with Gasteiger partial charge in [0.05, 0.1) is 13.2 Å². The molecule has 0 spiro atoms. The first kappa shape index (κ1) is 15.3. The van der Waals surface area contributed by atoms with Gasteiger partial charge < -0.3 is 14.4 Å². The number of Topliss-reactive ketones (excluding diaryl/α,β-unsaturated/α-hetero) is 1. The zero-order valence-corrected chi connectivity index (χ0v) is 13.2. The molecule has 1 saturated heterocycles. The summed E-state index contributed by atoms with van der Waals surface area (Å²) in [6.45, 7) is 4.55. The number of ether oxygens (including phenoxy) is 2. The van der Waals surface area contributed by atoms with Gasteiger partial charge in [-0.1, -0.05) is 6.42 Å². The van der Waals surface area contributed by atoms with Crippen molar-refractivity contribution in [2.45, 2.75) is 38.5 Å². The van der Waals surface area contributed by atoms with Crippen LogP contribution in [0.2, 0.25) is 0 Å². The number of hydrogen-bond acceptors (Lipinski definition) is 4. The molecule has 22 heavy (non-hydrogen) atoms. The fourth-order valence-corrected chi connectivity index (χ4v) is 3.07. The minimum absolute atomic E-state index is 0.194. The van der Waals surface area contributed by atoms with E-state index in [4.69, 9.17) is 9.47 Å². The summed E-state index contributed by atoms with van der Waals surface area (Å²) in [6.07, 6.45) is 6.44. The van der Waals surface area contributed by atoms with E-state index in [-0.39, 0.29) is 5.78 Å². The Bertz CT molecular complexity index is 509. The number of carbonyl (C=O) groups is 1. The van der Waals surface area contributed by atoms with Gasteiger partial charge in [0.2, 0.25) is 0 Å². The number of nitrogens with zero attached hydrogens (tertiary/aromatic N) is 1. The molecule has 0 N–H and O–H groups in total. The van der Waals surface area contributed by atoms with Crippen molar-refractivity contribution in [2.75, 3.05) is 32.8 Å². The second kappa shape index (κ2) is 7.63. The number of hydrogen-bond donors (Lipinski definition) is 0. The number of benzene rings is 1. The van der Waals surface area contributed by atoms with E-state index in [9.17, 15) is 4.79 Å². The van der Waals surface area contributed by atoms with Crippen molar-refractivity contribution in [2.24, 2.45) is 0 Å². The second-order valence-corrected chi connectivity index (χ2v) is 6.14. The maximum absolute atomic E-state index is 12.4. The van der Waals surface area contributed by atoms with E-state index in [2.05, 4.69) is 4.90 Å². The maximum Gasteiger partial charge on any atom is 0.164 e. The van der Waals surface area contributed by atoms with Crippen LogP contribution >= 0.6 is 0 Å². The largest absolute Gasteiger partial charge is 0.490 e. The highest BCUT2D eigenvalue weighted by Gasteiger charge is 2.15. The highest BCUT2D eigenvalue weighted by molar-refractivity contribution is 5.96. The van der Waals surface area contributed by atoms with Crippen LogP contribution in [0.25, 0.3) is 0 Å². The van der Waals surface area contributed by atoms with Crippen LogP contribution in [0.5, 0.6) is 11.5 Å². The van der Waals surface area contributed by atoms with Crippen LogP contribution in [0, 0.1) is 0 Å². The third-order valence-corrected chi connectivity index (χ3v) is 4.42. The fourth-order valence-electron chi connectivity index (χ4n) is 3.07. The molecule has 0 amide bonds. The summed E-state index contributed by atoms with van der Waals surface area (Å²) in [5.74, 6) is 1.66. The van der Waals surface area contributed by atoms with Gasteiger partial charge in [-0.25, -0.2) is 0 Å². The number of piperidine rings is 1. The number of ketones is 1. The van der Waals surface area contributed by atoms with Crippen LogP contribution in [0.15, 0.2) is 18.2 Å².